The summed E-state index contributed by atoms with van der Waals surface area (Å²) >= 11 is 5.57. The van der Waals surface area contributed by atoms with Crippen molar-refractivity contribution in [3.05, 3.63) is 40.4 Å². The quantitative estimate of drug-likeness (QED) is 0.753. The lowest BCUT2D eigenvalue weighted by molar-refractivity contribution is -0.931. The Hall–Kier alpha value is -1.70. The molecule has 28 heavy (non-hydrogen) atoms. The van der Waals surface area contributed by atoms with Crippen molar-refractivity contribution in [2.45, 2.75) is 51.3 Å². The molecule has 0 unspecified atom stereocenters. The molecule has 2 aliphatic rings. The summed E-state index contributed by atoms with van der Waals surface area (Å²) in [5.41, 5.74) is 1.45. The van der Waals surface area contributed by atoms with Crippen LogP contribution in [0.2, 0.25) is 0 Å². The first-order valence-corrected chi connectivity index (χ1v) is 10.9. The molecule has 1 aliphatic heterocycles. The van der Waals surface area contributed by atoms with Gasteiger partial charge in [0.1, 0.15) is 25.4 Å². The van der Waals surface area contributed by atoms with Crippen molar-refractivity contribution < 1.29 is 14.4 Å². The summed E-state index contributed by atoms with van der Waals surface area (Å²) in [5.74, 6) is 2.47. The summed E-state index contributed by atoms with van der Waals surface area (Å²) in [6.45, 7) is 4.82. The van der Waals surface area contributed by atoms with Gasteiger partial charge in [-0.25, -0.2) is 0 Å². The van der Waals surface area contributed by atoms with Gasteiger partial charge in [0.25, 0.3) is 0 Å². The van der Waals surface area contributed by atoms with E-state index >= 15 is 0 Å². The number of aromatic nitrogens is 3. The molecule has 1 aliphatic carbocycles. The van der Waals surface area contributed by atoms with Crippen molar-refractivity contribution in [3.63, 3.8) is 0 Å². The van der Waals surface area contributed by atoms with E-state index < -0.39 is 0 Å². The number of hydrogen-bond acceptors (Lipinski definition) is 4. The fourth-order valence-electron chi connectivity index (χ4n) is 4.21. The molecule has 7 heteroatoms. The summed E-state index contributed by atoms with van der Waals surface area (Å²) in [6.07, 6.45) is 6.75. The Kier molecular flexibility index (Phi) is 6.44. The van der Waals surface area contributed by atoms with Crippen molar-refractivity contribution in [3.8, 4) is 5.75 Å². The van der Waals surface area contributed by atoms with Gasteiger partial charge in [-0.05, 0) is 48.7 Å². The van der Waals surface area contributed by atoms with Gasteiger partial charge in [0.05, 0.1) is 13.2 Å². The molecule has 0 bridgehead atoms. The maximum Gasteiger partial charge on any atom is 0.202 e. The molecule has 152 valence electrons. The van der Waals surface area contributed by atoms with E-state index in [9.17, 15) is 0 Å². The molecule has 0 atom stereocenters. The number of ether oxygens (including phenoxy) is 2. The molecule has 2 fully saturated rings. The zero-order chi connectivity index (χ0) is 19.3. The van der Waals surface area contributed by atoms with Crippen LogP contribution in [0.5, 0.6) is 5.75 Å². The summed E-state index contributed by atoms with van der Waals surface area (Å²) in [7, 11) is 1.96. The second-order valence-electron chi connectivity index (χ2n) is 7.97. The van der Waals surface area contributed by atoms with E-state index in [0.29, 0.717) is 6.61 Å². The summed E-state index contributed by atoms with van der Waals surface area (Å²) < 4.78 is 16.0. The molecule has 4 rings (SSSR count). The van der Waals surface area contributed by atoms with E-state index in [1.54, 1.807) is 0 Å². The van der Waals surface area contributed by atoms with Crippen LogP contribution >= 0.6 is 12.2 Å². The highest BCUT2D eigenvalue weighted by molar-refractivity contribution is 7.71. The van der Waals surface area contributed by atoms with E-state index in [-0.39, 0.29) is 0 Å². The topological polar surface area (TPSA) is 45.7 Å². The number of hydrogen-bond donors (Lipinski definition) is 1. The average molecular weight is 404 g/mol. The highest BCUT2D eigenvalue weighted by Crippen LogP contribution is 2.33. The van der Waals surface area contributed by atoms with Crippen molar-refractivity contribution >= 4 is 12.2 Å². The Bertz CT molecular complexity index is 818. The smallest absolute Gasteiger partial charge is 0.202 e. The second-order valence-corrected chi connectivity index (χ2v) is 8.34. The van der Waals surface area contributed by atoms with Crippen LogP contribution in [-0.4, -0.2) is 40.7 Å². The van der Waals surface area contributed by atoms with Crippen LogP contribution in [0.4, 0.5) is 0 Å². The van der Waals surface area contributed by atoms with Crippen LogP contribution in [0.25, 0.3) is 0 Å². The number of nitrogens with zero attached hydrogens (tertiary/aromatic N) is 3. The van der Waals surface area contributed by atoms with Crippen LogP contribution in [-0.2, 0) is 25.1 Å². The largest absolute Gasteiger partial charge is 0.486 e. The predicted molar refractivity (Wildman–Crippen MR) is 110 cm³/mol. The highest BCUT2D eigenvalue weighted by Gasteiger charge is 2.18. The average Bonchev–Trinajstić information content (AvgIpc) is 3.02. The SMILES string of the molecule is Cn1c(COc2ccc(C3CCCCC3)cc2)nn(C[NH+]2CCOCC2)c1=S. The Labute approximate surface area is 172 Å². The third-order valence-electron chi connectivity index (χ3n) is 6.03. The lowest BCUT2D eigenvalue weighted by atomic mass is 9.84. The van der Waals surface area contributed by atoms with Crippen LogP contribution in [0.3, 0.4) is 0 Å². The Morgan fingerprint density at radius 2 is 1.86 bits per heavy atom. The predicted octanol–water partition coefficient (Wildman–Crippen LogP) is 2.45. The molecule has 0 amide bonds. The molecule has 2 heterocycles. The number of morpholine rings is 1. The molecule has 2 aromatic rings. The van der Waals surface area contributed by atoms with Crippen molar-refractivity contribution in [1.82, 2.24) is 14.3 Å². The molecule has 1 N–H and O–H groups in total. The normalized spacial score (nSPS) is 19.0. The summed E-state index contributed by atoms with van der Waals surface area (Å²) in [6, 6.07) is 8.63. The molecule has 0 radical (unpaired) electrons. The van der Waals surface area contributed by atoms with E-state index in [1.165, 1.54) is 42.6 Å². The Morgan fingerprint density at radius 1 is 1.14 bits per heavy atom. The minimum absolute atomic E-state index is 0.425. The summed E-state index contributed by atoms with van der Waals surface area (Å²) in [5, 5.41) is 4.70. The molecule has 6 nitrogen and oxygen atoms in total. The molecule has 1 saturated carbocycles. The van der Waals surface area contributed by atoms with E-state index in [2.05, 4.69) is 24.3 Å². The van der Waals surface area contributed by atoms with Crippen molar-refractivity contribution in [2.24, 2.45) is 7.05 Å². The molecule has 1 saturated heterocycles. The summed E-state index contributed by atoms with van der Waals surface area (Å²) in [4.78, 5) is 1.45. The molecule has 1 aromatic heterocycles. The van der Waals surface area contributed by atoms with Gasteiger partial charge in [0.15, 0.2) is 12.5 Å². The van der Waals surface area contributed by atoms with Gasteiger partial charge in [-0.3, -0.25) is 0 Å². The fourth-order valence-corrected chi connectivity index (χ4v) is 4.42. The number of rotatable bonds is 6. The van der Waals surface area contributed by atoms with Crippen molar-refractivity contribution in [1.29, 1.82) is 0 Å². The van der Waals surface area contributed by atoms with E-state index in [4.69, 9.17) is 26.8 Å². The molecular weight excluding hydrogens is 372 g/mol. The zero-order valence-corrected chi connectivity index (χ0v) is 17.5. The Morgan fingerprint density at radius 3 is 2.57 bits per heavy atom. The van der Waals surface area contributed by atoms with Gasteiger partial charge in [0, 0.05) is 7.05 Å². The second kappa shape index (κ2) is 9.20. The highest BCUT2D eigenvalue weighted by atomic mass is 32.1. The van der Waals surface area contributed by atoms with Crippen LogP contribution in [0.1, 0.15) is 49.4 Å². The standard InChI is InChI=1S/C21H30N4O2S/c1-23-20(22-25(21(23)28)16-24-11-13-26-14-12-24)15-27-19-9-7-18(8-10-19)17-5-3-2-4-6-17/h7-10,17H,2-6,11-16H2,1H3/p+1. The van der Waals surface area contributed by atoms with Gasteiger partial charge in [-0.2, -0.15) is 4.68 Å². The van der Waals surface area contributed by atoms with Crippen LogP contribution < -0.4 is 9.64 Å². The molecule has 0 spiro atoms. The fraction of sp³-hybridized carbons (Fsp3) is 0.619. The first-order valence-electron chi connectivity index (χ1n) is 10.5. The van der Waals surface area contributed by atoms with Gasteiger partial charge >= 0.3 is 0 Å². The van der Waals surface area contributed by atoms with Crippen molar-refractivity contribution in [2.75, 3.05) is 26.3 Å². The maximum absolute atomic E-state index is 6.00. The van der Waals surface area contributed by atoms with Gasteiger partial charge < -0.3 is 18.9 Å². The van der Waals surface area contributed by atoms with E-state index in [1.807, 2.05) is 16.3 Å². The molecular formula is C21H31N4O2S+. The van der Waals surface area contributed by atoms with Crippen LogP contribution in [0.15, 0.2) is 24.3 Å². The monoisotopic (exact) mass is 403 g/mol. The Balaban J connectivity index is 1.36. The number of benzene rings is 1. The first kappa shape index (κ1) is 19.6. The number of quaternary nitrogens is 1. The van der Waals surface area contributed by atoms with Gasteiger partial charge in [-0.15, -0.1) is 5.10 Å². The zero-order valence-electron chi connectivity index (χ0n) is 16.7. The molecule has 1 aromatic carbocycles. The first-order chi connectivity index (χ1) is 13.7. The lowest BCUT2D eigenvalue weighted by Gasteiger charge is -2.23. The number of nitrogens with one attached hydrogen (secondary N) is 1. The minimum atomic E-state index is 0.425. The minimum Gasteiger partial charge on any atom is -0.486 e. The third kappa shape index (κ3) is 4.64. The van der Waals surface area contributed by atoms with Crippen LogP contribution in [0, 0.1) is 4.77 Å². The lowest BCUT2D eigenvalue weighted by Crippen LogP contribution is -3.13. The maximum atomic E-state index is 6.00. The van der Waals surface area contributed by atoms with Gasteiger partial charge in [0.2, 0.25) is 4.77 Å². The third-order valence-corrected chi connectivity index (χ3v) is 6.51. The van der Waals surface area contributed by atoms with Gasteiger partial charge in [-0.1, -0.05) is 31.4 Å². The van der Waals surface area contributed by atoms with E-state index in [0.717, 1.165) is 55.2 Å².